The molecule has 6 nitrogen and oxygen atoms in total. The third-order valence-corrected chi connectivity index (χ3v) is 6.63. The average Bonchev–Trinajstić information content (AvgIpc) is 2.84. The summed E-state index contributed by atoms with van der Waals surface area (Å²) < 4.78 is 50.7. The number of alkyl halides is 3. The molecule has 1 amide bonds. The lowest BCUT2D eigenvalue weighted by Gasteiger charge is -2.49. The Bertz CT molecular complexity index is 1010. The molecule has 0 saturated carbocycles. The van der Waals surface area contributed by atoms with Gasteiger partial charge in [-0.05, 0) is 48.7 Å². The van der Waals surface area contributed by atoms with Crippen LogP contribution in [0.15, 0.2) is 42.5 Å². The minimum Gasteiger partial charge on any atom is -0.495 e. The van der Waals surface area contributed by atoms with Crippen molar-refractivity contribution in [3.05, 3.63) is 53.6 Å². The van der Waals surface area contributed by atoms with E-state index in [2.05, 4.69) is 15.1 Å². The van der Waals surface area contributed by atoms with E-state index in [0.29, 0.717) is 44.8 Å². The fraction of sp³-hybridized carbons (Fsp3) is 0.480. The first-order valence-electron chi connectivity index (χ1n) is 11.4. The van der Waals surface area contributed by atoms with Gasteiger partial charge in [0.1, 0.15) is 5.75 Å². The number of carbonyl (C=O) groups excluding carboxylic acids is 1. The topological polar surface area (TPSA) is 54.0 Å². The number of hydrogen-bond acceptors (Lipinski definition) is 5. The van der Waals surface area contributed by atoms with Gasteiger partial charge in [-0.15, -0.1) is 0 Å². The maximum atomic E-state index is 13.4. The standard InChI is InChI=1S/C25H30F3N3O3/c1-33-13-5-10-29-24(32)19-15-17-14-18(25(26,27)28)8-9-20(17)31-12-11-30(16-22(19)31)21-6-3-4-7-23(21)34-2/h3-4,6-9,14,19,22H,5,10-13,15-16H2,1-2H3,(H,29,32). The number of anilines is 2. The molecular weight excluding hydrogens is 447 g/mol. The van der Waals surface area contributed by atoms with Gasteiger partial charge in [-0.2, -0.15) is 13.2 Å². The van der Waals surface area contributed by atoms with Crippen LogP contribution in [0.4, 0.5) is 24.5 Å². The van der Waals surface area contributed by atoms with Crippen molar-refractivity contribution in [3.63, 3.8) is 0 Å². The van der Waals surface area contributed by atoms with Gasteiger partial charge in [0.25, 0.3) is 0 Å². The summed E-state index contributed by atoms with van der Waals surface area (Å²) in [6.45, 7) is 2.81. The molecule has 0 radical (unpaired) electrons. The maximum absolute atomic E-state index is 13.4. The third-order valence-electron chi connectivity index (χ3n) is 6.63. The molecule has 2 aromatic carbocycles. The Hall–Kier alpha value is -2.94. The Kier molecular flexibility index (Phi) is 7.21. The van der Waals surface area contributed by atoms with E-state index >= 15 is 0 Å². The molecule has 2 aliphatic heterocycles. The van der Waals surface area contributed by atoms with Gasteiger partial charge in [0, 0.05) is 45.6 Å². The van der Waals surface area contributed by atoms with E-state index in [-0.39, 0.29) is 18.4 Å². The Morgan fingerprint density at radius 3 is 2.65 bits per heavy atom. The lowest BCUT2D eigenvalue weighted by atomic mass is 9.82. The van der Waals surface area contributed by atoms with E-state index in [1.807, 2.05) is 24.3 Å². The van der Waals surface area contributed by atoms with Crippen LogP contribution in [0.2, 0.25) is 0 Å². The van der Waals surface area contributed by atoms with Crippen LogP contribution >= 0.6 is 0 Å². The van der Waals surface area contributed by atoms with E-state index in [9.17, 15) is 18.0 Å². The van der Waals surface area contributed by atoms with Crippen LogP contribution in [0.5, 0.6) is 5.75 Å². The molecule has 1 N–H and O–H groups in total. The molecule has 9 heteroatoms. The zero-order valence-electron chi connectivity index (χ0n) is 19.4. The summed E-state index contributed by atoms with van der Waals surface area (Å²) in [6, 6.07) is 11.4. The normalized spacial score (nSPS) is 19.9. The quantitative estimate of drug-likeness (QED) is 0.616. The molecule has 2 heterocycles. The fourth-order valence-corrected chi connectivity index (χ4v) is 4.97. The number of para-hydroxylation sites is 2. The van der Waals surface area contributed by atoms with Crippen LogP contribution in [0.1, 0.15) is 17.5 Å². The number of hydrogen-bond donors (Lipinski definition) is 1. The highest BCUT2D eigenvalue weighted by Crippen LogP contribution is 2.41. The van der Waals surface area contributed by atoms with Crippen molar-refractivity contribution in [2.45, 2.75) is 25.1 Å². The lowest BCUT2D eigenvalue weighted by Crippen LogP contribution is -2.61. The molecule has 34 heavy (non-hydrogen) atoms. The molecule has 0 aromatic heterocycles. The van der Waals surface area contributed by atoms with Crippen molar-refractivity contribution in [1.29, 1.82) is 0 Å². The largest absolute Gasteiger partial charge is 0.495 e. The second kappa shape index (κ2) is 10.1. The van der Waals surface area contributed by atoms with E-state index in [4.69, 9.17) is 9.47 Å². The molecular formula is C25H30F3N3O3. The molecule has 2 atom stereocenters. The number of carbonyl (C=O) groups is 1. The summed E-state index contributed by atoms with van der Waals surface area (Å²) in [4.78, 5) is 17.5. The number of methoxy groups -OCH3 is 2. The number of benzene rings is 2. The monoisotopic (exact) mass is 477 g/mol. The first kappa shape index (κ1) is 24.2. The minimum absolute atomic E-state index is 0.143. The van der Waals surface area contributed by atoms with Crippen LogP contribution in [0, 0.1) is 5.92 Å². The third kappa shape index (κ3) is 4.94. The predicted octanol–water partition coefficient (Wildman–Crippen LogP) is 3.73. The molecule has 4 rings (SSSR count). The zero-order chi connectivity index (χ0) is 24.3. The maximum Gasteiger partial charge on any atom is 0.416 e. The Morgan fingerprint density at radius 2 is 1.91 bits per heavy atom. The predicted molar refractivity (Wildman–Crippen MR) is 124 cm³/mol. The van der Waals surface area contributed by atoms with Crippen molar-refractivity contribution in [2.24, 2.45) is 5.92 Å². The molecule has 2 aromatic rings. The molecule has 1 saturated heterocycles. The highest BCUT2D eigenvalue weighted by Gasteiger charge is 2.43. The van der Waals surface area contributed by atoms with Crippen molar-refractivity contribution in [3.8, 4) is 5.75 Å². The first-order chi connectivity index (χ1) is 16.3. The lowest BCUT2D eigenvalue weighted by molar-refractivity contribution is -0.137. The average molecular weight is 478 g/mol. The van der Waals surface area contributed by atoms with Gasteiger partial charge in [0.05, 0.1) is 30.3 Å². The van der Waals surface area contributed by atoms with Crippen LogP contribution in [-0.4, -0.2) is 59.0 Å². The molecule has 1 fully saturated rings. The number of rotatable bonds is 7. The minimum atomic E-state index is -4.42. The first-order valence-corrected chi connectivity index (χ1v) is 11.4. The van der Waals surface area contributed by atoms with E-state index in [1.165, 1.54) is 6.07 Å². The van der Waals surface area contributed by atoms with Crippen LogP contribution < -0.4 is 19.9 Å². The summed E-state index contributed by atoms with van der Waals surface area (Å²) >= 11 is 0. The van der Waals surface area contributed by atoms with E-state index < -0.39 is 17.7 Å². The Labute approximate surface area is 197 Å². The summed E-state index contributed by atoms with van der Waals surface area (Å²) in [7, 11) is 3.23. The Morgan fingerprint density at radius 1 is 1.12 bits per heavy atom. The zero-order valence-corrected chi connectivity index (χ0v) is 19.4. The molecule has 0 aliphatic carbocycles. The van der Waals surface area contributed by atoms with Gasteiger partial charge in [-0.1, -0.05) is 12.1 Å². The molecule has 0 bridgehead atoms. The van der Waals surface area contributed by atoms with Gasteiger partial charge in [-0.3, -0.25) is 4.79 Å². The summed E-state index contributed by atoms with van der Waals surface area (Å²) in [5, 5.41) is 2.96. The van der Waals surface area contributed by atoms with Gasteiger partial charge in [-0.25, -0.2) is 0 Å². The highest BCUT2D eigenvalue weighted by atomic mass is 19.4. The number of amides is 1. The number of nitrogens with zero attached hydrogens (tertiary/aromatic N) is 2. The van der Waals surface area contributed by atoms with Crippen molar-refractivity contribution in [1.82, 2.24) is 5.32 Å². The summed E-state index contributed by atoms with van der Waals surface area (Å²) in [5.41, 5.74) is 1.61. The number of halogens is 3. The second-order valence-electron chi connectivity index (χ2n) is 8.67. The summed E-state index contributed by atoms with van der Waals surface area (Å²) in [5.74, 6) is 0.134. The van der Waals surface area contributed by atoms with Crippen molar-refractivity contribution >= 4 is 17.3 Å². The molecule has 2 aliphatic rings. The van der Waals surface area contributed by atoms with Crippen LogP contribution in [0.3, 0.4) is 0 Å². The van der Waals surface area contributed by atoms with E-state index in [1.54, 1.807) is 20.3 Å². The van der Waals surface area contributed by atoms with Gasteiger partial charge in [0.2, 0.25) is 5.91 Å². The van der Waals surface area contributed by atoms with Gasteiger partial charge < -0.3 is 24.6 Å². The molecule has 184 valence electrons. The number of fused-ring (bicyclic) bond motifs is 3. The number of piperazine rings is 1. The van der Waals surface area contributed by atoms with Crippen molar-refractivity contribution < 1.29 is 27.4 Å². The van der Waals surface area contributed by atoms with Gasteiger partial charge >= 0.3 is 6.18 Å². The number of ether oxygens (including phenoxy) is 2. The second-order valence-corrected chi connectivity index (χ2v) is 8.67. The molecule has 2 unspecified atom stereocenters. The van der Waals surface area contributed by atoms with Crippen LogP contribution in [0.25, 0.3) is 0 Å². The highest BCUT2D eigenvalue weighted by molar-refractivity contribution is 5.82. The van der Waals surface area contributed by atoms with Crippen LogP contribution in [-0.2, 0) is 22.1 Å². The van der Waals surface area contributed by atoms with Gasteiger partial charge in [0.15, 0.2) is 0 Å². The Balaban J connectivity index is 1.64. The molecule has 0 spiro atoms. The fourth-order valence-electron chi connectivity index (χ4n) is 4.97. The number of nitrogens with one attached hydrogen (secondary N) is 1. The summed E-state index contributed by atoms with van der Waals surface area (Å²) in [6.07, 6.45) is -3.49. The smallest absolute Gasteiger partial charge is 0.416 e. The van der Waals surface area contributed by atoms with Crippen molar-refractivity contribution in [2.75, 3.05) is 56.8 Å². The SMILES string of the molecule is COCCCNC(=O)C1Cc2cc(C(F)(F)F)ccc2N2CCN(c3ccccc3OC)CC12. The van der Waals surface area contributed by atoms with E-state index in [0.717, 1.165) is 23.2 Å².